The molecule has 2 aromatic heterocycles. The van der Waals surface area contributed by atoms with E-state index in [4.69, 9.17) is 4.84 Å². The van der Waals surface area contributed by atoms with E-state index < -0.39 is 17.3 Å². The molecule has 0 aliphatic heterocycles. The summed E-state index contributed by atoms with van der Waals surface area (Å²) in [4.78, 5) is 29.9. The number of rotatable bonds is 5. The molecule has 3 aromatic rings. The van der Waals surface area contributed by atoms with E-state index in [1.54, 1.807) is 25.1 Å². The van der Waals surface area contributed by atoms with Gasteiger partial charge in [-0.1, -0.05) is 29.5 Å². The van der Waals surface area contributed by atoms with Crippen LogP contribution in [0.15, 0.2) is 47.4 Å². The molecule has 1 aromatic carbocycles. The zero-order valence-electron chi connectivity index (χ0n) is 13.1. The van der Waals surface area contributed by atoms with Crippen LogP contribution in [0.2, 0.25) is 0 Å². The van der Waals surface area contributed by atoms with Crippen LogP contribution in [0.4, 0.5) is 9.52 Å². The Morgan fingerprint density at radius 2 is 2.08 bits per heavy atom. The van der Waals surface area contributed by atoms with Crippen LogP contribution in [-0.2, 0) is 6.61 Å². The topological polar surface area (TPSA) is 86.1 Å². The number of amides is 1. The van der Waals surface area contributed by atoms with Gasteiger partial charge in [0.15, 0.2) is 0 Å². The van der Waals surface area contributed by atoms with Gasteiger partial charge in [0.1, 0.15) is 23.0 Å². The van der Waals surface area contributed by atoms with Gasteiger partial charge in [-0.3, -0.25) is 14.9 Å². The number of halogens is 1. The lowest BCUT2D eigenvalue weighted by molar-refractivity contribution is 0.0847. The lowest BCUT2D eigenvalue weighted by atomic mass is 10.2. The predicted octanol–water partition coefficient (Wildman–Crippen LogP) is 2.03. The molecule has 0 saturated heterocycles. The van der Waals surface area contributed by atoms with Crippen LogP contribution in [-0.4, -0.2) is 20.8 Å². The zero-order valence-corrected chi connectivity index (χ0v) is 13.9. The Bertz CT molecular complexity index is 970. The lowest BCUT2D eigenvalue weighted by Gasteiger charge is -2.10. The average Bonchev–Trinajstić information content (AvgIpc) is 3.00. The first-order valence-corrected chi connectivity index (χ1v) is 8.06. The molecule has 1 N–H and O–H groups in total. The molecular weight excluding hydrogens is 347 g/mol. The number of anilines is 1. The maximum absolute atomic E-state index is 13.6. The number of carbonyl (C=O) groups is 1. The van der Waals surface area contributed by atoms with Crippen LogP contribution in [0.5, 0.6) is 0 Å². The van der Waals surface area contributed by atoms with Crippen LogP contribution in [0.1, 0.15) is 20.9 Å². The normalized spacial score (nSPS) is 10.5. The third-order valence-corrected chi connectivity index (χ3v) is 3.98. The quantitative estimate of drug-likeness (QED) is 0.752. The molecule has 1 amide bonds. The molecule has 25 heavy (non-hydrogen) atoms. The fourth-order valence-electron chi connectivity index (χ4n) is 2.02. The fourth-order valence-corrected chi connectivity index (χ4v) is 2.60. The average molecular weight is 360 g/mol. The van der Waals surface area contributed by atoms with Crippen molar-refractivity contribution in [2.75, 3.05) is 5.32 Å². The summed E-state index contributed by atoms with van der Waals surface area (Å²) in [6.45, 7) is 1.60. The standard InChI is InChI=1S/C16H13FN4O3S/c1-10-19-20-16(25-10)18-14(22)12-6-4-8-21(15(12)23)24-9-11-5-2-3-7-13(11)17/h2-8H,9H2,1H3,(H,18,20,22). The van der Waals surface area contributed by atoms with Crippen molar-refractivity contribution in [3.8, 4) is 0 Å². The van der Waals surface area contributed by atoms with Crippen LogP contribution in [0.25, 0.3) is 0 Å². The number of nitrogens with one attached hydrogen (secondary N) is 1. The molecular formula is C16H13FN4O3S. The molecule has 9 heteroatoms. The van der Waals surface area contributed by atoms with Crippen molar-refractivity contribution < 1.29 is 14.0 Å². The molecule has 0 unspecified atom stereocenters. The van der Waals surface area contributed by atoms with Gasteiger partial charge in [-0.2, -0.15) is 4.73 Å². The van der Waals surface area contributed by atoms with Gasteiger partial charge in [0.25, 0.3) is 11.5 Å². The Balaban J connectivity index is 1.76. The molecule has 0 radical (unpaired) electrons. The molecule has 2 heterocycles. The van der Waals surface area contributed by atoms with E-state index in [-0.39, 0.29) is 12.2 Å². The highest BCUT2D eigenvalue weighted by Crippen LogP contribution is 2.14. The van der Waals surface area contributed by atoms with E-state index in [1.165, 1.54) is 35.7 Å². The maximum Gasteiger partial charge on any atom is 0.295 e. The number of benzene rings is 1. The molecule has 0 fully saturated rings. The Kier molecular flexibility index (Phi) is 4.85. The first-order valence-electron chi connectivity index (χ1n) is 7.24. The van der Waals surface area contributed by atoms with Crippen molar-refractivity contribution in [2.24, 2.45) is 0 Å². The summed E-state index contributed by atoms with van der Waals surface area (Å²) in [5, 5.41) is 11.1. The van der Waals surface area contributed by atoms with E-state index in [9.17, 15) is 14.0 Å². The summed E-state index contributed by atoms with van der Waals surface area (Å²) in [5.74, 6) is -1.05. The highest BCUT2D eigenvalue weighted by atomic mass is 32.1. The number of aryl methyl sites for hydroxylation is 1. The zero-order chi connectivity index (χ0) is 17.8. The smallest absolute Gasteiger partial charge is 0.295 e. The van der Waals surface area contributed by atoms with Gasteiger partial charge in [-0.15, -0.1) is 10.2 Å². The third-order valence-electron chi connectivity index (χ3n) is 3.22. The molecule has 0 saturated carbocycles. The van der Waals surface area contributed by atoms with Gasteiger partial charge in [0, 0.05) is 11.8 Å². The number of pyridine rings is 1. The fraction of sp³-hybridized carbons (Fsp3) is 0.125. The molecule has 0 bridgehead atoms. The number of nitrogens with zero attached hydrogens (tertiary/aromatic N) is 3. The van der Waals surface area contributed by atoms with Gasteiger partial charge >= 0.3 is 0 Å². The molecule has 0 atom stereocenters. The van der Waals surface area contributed by atoms with E-state index in [1.807, 2.05) is 0 Å². The second-order valence-corrected chi connectivity index (χ2v) is 6.18. The van der Waals surface area contributed by atoms with Gasteiger partial charge < -0.3 is 4.84 Å². The summed E-state index contributed by atoms with van der Waals surface area (Å²) in [6, 6.07) is 8.94. The SMILES string of the molecule is Cc1nnc(NC(=O)c2cccn(OCc3ccccc3F)c2=O)s1. The van der Waals surface area contributed by atoms with Crippen molar-refractivity contribution >= 4 is 22.4 Å². The minimum Gasteiger partial charge on any atom is -0.406 e. The monoisotopic (exact) mass is 360 g/mol. The molecule has 3 rings (SSSR count). The number of hydrogen-bond acceptors (Lipinski definition) is 6. The van der Waals surface area contributed by atoms with Gasteiger partial charge in [0.05, 0.1) is 0 Å². The van der Waals surface area contributed by atoms with Crippen molar-refractivity contribution in [3.63, 3.8) is 0 Å². The largest absolute Gasteiger partial charge is 0.406 e. The van der Waals surface area contributed by atoms with Crippen LogP contribution >= 0.6 is 11.3 Å². The van der Waals surface area contributed by atoms with Crippen molar-refractivity contribution in [3.05, 3.63) is 74.9 Å². The summed E-state index contributed by atoms with van der Waals surface area (Å²) in [5.41, 5.74) is -0.477. The van der Waals surface area contributed by atoms with Gasteiger partial charge in [-0.05, 0) is 25.1 Å². The predicted molar refractivity (Wildman–Crippen MR) is 90.0 cm³/mol. The minimum absolute atomic E-state index is 0.121. The van der Waals surface area contributed by atoms with Crippen LogP contribution in [0, 0.1) is 12.7 Å². The summed E-state index contributed by atoms with van der Waals surface area (Å²) < 4.78 is 14.5. The summed E-state index contributed by atoms with van der Waals surface area (Å²) in [6.07, 6.45) is 1.36. The Hall–Kier alpha value is -3.07. The van der Waals surface area contributed by atoms with Crippen molar-refractivity contribution in [2.45, 2.75) is 13.5 Å². The van der Waals surface area contributed by atoms with Crippen LogP contribution < -0.4 is 15.7 Å². The first kappa shape index (κ1) is 16.8. The number of hydrogen-bond donors (Lipinski definition) is 1. The molecule has 0 aliphatic rings. The van der Waals surface area contributed by atoms with E-state index in [0.717, 1.165) is 4.73 Å². The lowest BCUT2D eigenvalue weighted by Crippen LogP contribution is -2.32. The van der Waals surface area contributed by atoms with E-state index in [2.05, 4.69) is 15.5 Å². The summed E-state index contributed by atoms with van der Waals surface area (Å²) in [7, 11) is 0. The van der Waals surface area contributed by atoms with Crippen LogP contribution in [0.3, 0.4) is 0 Å². The molecule has 7 nitrogen and oxygen atoms in total. The van der Waals surface area contributed by atoms with Gasteiger partial charge in [-0.25, -0.2) is 4.39 Å². The number of aromatic nitrogens is 3. The molecule has 0 aliphatic carbocycles. The van der Waals surface area contributed by atoms with E-state index in [0.29, 0.717) is 15.7 Å². The van der Waals surface area contributed by atoms with Gasteiger partial charge in [0.2, 0.25) is 5.13 Å². The minimum atomic E-state index is -0.655. The van der Waals surface area contributed by atoms with Crippen molar-refractivity contribution in [1.29, 1.82) is 0 Å². The second-order valence-electron chi connectivity index (χ2n) is 5.00. The first-order chi connectivity index (χ1) is 12.0. The summed E-state index contributed by atoms with van der Waals surface area (Å²) >= 11 is 1.19. The Labute approximate surface area is 145 Å². The molecule has 128 valence electrons. The highest BCUT2D eigenvalue weighted by Gasteiger charge is 2.15. The second kappa shape index (κ2) is 7.22. The van der Waals surface area contributed by atoms with Crippen molar-refractivity contribution in [1.82, 2.24) is 14.9 Å². The highest BCUT2D eigenvalue weighted by molar-refractivity contribution is 7.15. The Morgan fingerprint density at radius 3 is 2.80 bits per heavy atom. The van der Waals surface area contributed by atoms with E-state index >= 15 is 0 Å². The number of carbonyl (C=O) groups excluding carboxylic acids is 1. The maximum atomic E-state index is 13.6. The third kappa shape index (κ3) is 3.89. The molecule has 0 spiro atoms. The Morgan fingerprint density at radius 1 is 1.28 bits per heavy atom.